The van der Waals surface area contributed by atoms with E-state index in [1.807, 2.05) is 31.2 Å². The van der Waals surface area contributed by atoms with Crippen LogP contribution in [0, 0.1) is 5.92 Å². The average molecular weight is 279 g/mol. The normalized spacial score (nSPS) is 12.1. The number of methoxy groups -OCH3 is 1. The minimum absolute atomic E-state index is 0.202. The van der Waals surface area contributed by atoms with Gasteiger partial charge in [0.1, 0.15) is 11.8 Å². The number of ether oxygens (including phenoxy) is 2. The lowest BCUT2D eigenvalue weighted by Gasteiger charge is -2.26. The molecule has 1 atom stereocenters. The summed E-state index contributed by atoms with van der Waals surface area (Å²) in [5, 5.41) is 3.29. The second-order valence-corrected chi connectivity index (χ2v) is 4.65. The van der Waals surface area contributed by atoms with Gasteiger partial charge >= 0.3 is 5.97 Å². The van der Waals surface area contributed by atoms with Crippen LogP contribution in [0.3, 0.4) is 0 Å². The fourth-order valence-corrected chi connectivity index (χ4v) is 2.29. The van der Waals surface area contributed by atoms with Gasteiger partial charge in [0, 0.05) is 0 Å². The SMILES string of the molecule is CCOC(=O)C(Nc1ccccc1OC)C(CC)CC. The van der Waals surface area contributed by atoms with Crippen LogP contribution in [-0.4, -0.2) is 25.7 Å². The minimum atomic E-state index is -0.346. The second-order valence-electron chi connectivity index (χ2n) is 4.65. The summed E-state index contributed by atoms with van der Waals surface area (Å²) >= 11 is 0. The molecule has 0 aliphatic heterocycles. The summed E-state index contributed by atoms with van der Waals surface area (Å²) in [6, 6.07) is 7.26. The maximum absolute atomic E-state index is 12.2. The lowest BCUT2D eigenvalue weighted by Crippen LogP contribution is -2.38. The average Bonchev–Trinajstić information content (AvgIpc) is 2.48. The van der Waals surface area contributed by atoms with Gasteiger partial charge in [-0.1, -0.05) is 38.8 Å². The third-order valence-corrected chi connectivity index (χ3v) is 3.48. The highest BCUT2D eigenvalue weighted by Gasteiger charge is 2.27. The Labute approximate surface area is 121 Å². The number of hydrogen-bond donors (Lipinski definition) is 1. The van der Waals surface area contributed by atoms with Crippen molar-refractivity contribution in [3.8, 4) is 5.75 Å². The van der Waals surface area contributed by atoms with E-state index in [1.165, 1.54) is 0 Å². The van der Waals surface area contributed by atoms with E-state index < -0.39 is 0 Å². The molecule has 0 saturated heterocycles. The molecule has 1 N–H and O–H groups in total. The molecule has 0 saturated carbocycles. The van der Waals surface area contributed by atoms with Crippen molar-refractivity contribution in [2.45, 2.75) is 39.7 Å². The minimum Gasteiger partial charge on any atom is -0.495 e. The molecule has 0 aromatic heterocycles. The molecule has 0 spiro atoms. The monoisotopic (exact) mass is 279 g/mol. The maximum atomic E-state index is 12.2. The third kappa shape index (κ3) is 4.15. The first-order valence-corrected chi connectivity index (χ1v) is 7.24. The Morgan fingerprint density at radius 1 is 1.20 bits per heavy atom. The van der Waals surface area contributed by atoms with Crippen LogP contribution in [0.1, 0.15) is 33.6 Å². The van der Waals surface area contributed by atoms with Crippen molar-refractivity contribution in [1.29, 1.82) is 0 Å². The lowest BCUT2D eigenvalue weighted by atomic mass is 9.94. The van der Waals surface area contributed by atoms with E-state index in [0.717, 1.165) is 24.3 Å². The van der Waals surface area contributed by atoms with E-state index in [9.17, 15) is 4.79 Å². The molecule has 0 fully saturated rings. The van der Waals surface area contributed by atoms with Gasteiger partial charge in [0.05, 0.1) is 19.4 Å². The van der Waals surface area contributed by atoms with Crippen LogP contribution < -0.4 is 10.1 Å². The van der Waals surface area contributed by atoms with E-state index in [1.54, 1.807) is 7.11 Å². The van der Waals surface area contributed by atoms with Crippen LogP contribution in [0.15, 0.2) is 24.3 Å². The smallest absolute Gasteiger partial charge is 0.328 e. The molecule has 20 heavy (non-hydrogen) atoms. The molecular weight excluding hydrogens is 254 g/mol. The first kappa shape index (κ1) is 16.3. The second kappa shape index (κ2) is 8.46. The molecular formula is C16H25NO3. The summed E-state index contributed by atoms with van der Waals surface area (Å²) in [5.41, 5.74) is 0.819. The van der Waals surface area contributed by atoms with Gasteiger partial charge in [-0.25, -0.2) is 4.79 Å². The summed E-state index contributed by atoms with van der Waals surface area (Å²) in [6.07, 6.45) is 1.84. The summed E-state index contributed by atoms with van der Waals surface area (Å²) in [5.74, 6) is 0.763. The zero-order valence-electron chi connectivity index (χ0n) is 12.8. The predicted octanol–water partition coefficient (Wildman–Crippen LogP) is 3.48. The highest BCUT2D eigenvalue weighted by atomic mass is 16.5. The van der Waals surface area contributed by atoms with Crippen LogP contribution >= 0.6 is 0 Å². The number of anilines is 1. The van der Waals surface area contributed by atoms with Crippen molar-refractivity contribution in [2.24, 2.45) is 5.92 Å². The van der Waals surface area contributed by atoms with Crippen LogP contribution in [0.5, 0.6) is 5.75 Å². The fraction of sp³-hybridized carbons (Fsp3) is 0.562. The van der Waals surface area contributed by atoms with Gasteiger partial charge in [-0.2, -0.15) is 0 Å². The summed E-state index contributed by atoms with van der Waals surface area (Å²) in [4.78, 5) is 12.2. The Hall–Kier alpha value is -1.71. The van der Waals surface area contributed by atoms with Crippen LogP contribution in [-0.2, 0) is 9.53 Å². The van der Waals surface area contributed by atoms with Gasteiger partial charge in [-0.15, -0.1) is 0 Å². The van der Waals surface area contributed by atoms with Gasteiger partial charge in [-0.3, -0.25) is 0 Å². The predicted molar refractivity (Wildman–Crippen MR) is 81.1 cm³/mol. The Kier molecular flexibility index (Phi) is 6.91. The number of hydrogen-bond acceptors (Lipinski definition) is 4. The number of rotatable bonds is 8. The lowest BCUT2D eigenvalue weighted by molar-refractivity contribution is -0.145. The highest BCUT2D eigenvalue weighted by molar-refractivity contribution is 5.80. The number of carbonyl (C=O) groups excluding carboxylic acids is 1. The molecule has 0 radical (unpaired) electrons. The molecule has 1 aromatic rings. The van der Waals surface area contributed by atoms with Gasteiger partial charge in [-0.05, 0) is 25.0 Å². The molecule has 0 aliphatic carbocycles. The van der Waals surface area contributed by atoms with E-state index in [2.05, 4.69) is 19.2 Å². The largest absolute Gasteiger partial charge is 0.495 e. The number of benzene rings is 1. The van der Waals surface area contributed by atoms with Crippen LogP contribution in [0.25, 0.3) is 0 Å². The molecule has 4 nitrogen and oxygen atoms in total. The van der Waals surface area contributed by atoms with E-state index in [0.29, 0.717) is 6.61 Å². The topological polar surface area (TPSA) is 47.6 Å². The van der Waals surface area contributed by atoms with Crippen molar-refractivity contribution in [1.82, 2.24) is 0 Å². The number of nitrogens with one attached hydrogen (secondary N) is 1. The molecule has 1 aromatic carbocycles. The summed E-state index contributed by atoms with van der Waals surface area (Å²) in [7, 11) is 1.62. The molecule has 0 aliphatic rings. The molecule has 0 heterocycles. The molecule has 1 unspecified atom stereocenters. The van der Waals surface area contributed by atoms with Gasteiger partial charge < -0.3 is 14.8 Å². The third-order valence-electron chi connectivity index (χ3n) is 3.48. The first-order valence-electron chi connectivity index (χ1n) is 7.24. The van der Waals surface area contributed by atoms with Gasteiger partial charge in [0.15, 0.2) is 0 Å². The Balaban J connectivity index is 2.96. The fourth-order valence-electron chi connectivity index (χ4n) is 2.29. The van der Waals surface area contributed by atoms with E-state index >= 15 is 0 Å². The van der Waals surface area contributed by atoms with Crippen LogP contribution in [0.2, 0.25) is 0 Å². The van der Waals surface area contributed by atoms with Crippen molar-refractivity contribution >= 4 is 11.7 Å². The van der Waals surface area contributed by atoms with Crippen molar-refractivity contribution in [2.75, 3.05) is 19.0 Å². The first-order chi connectivity index (χ1) is 9.67. The number of para-hydroxylation sites is 2. The number of esters is 1. The highest BCUT2D eigenvalue weighted by Crippen LogP contribution is 2.27. The zero-order chi connectivity index (χ0) is 15.0. The van der Waals surface area contributed by atoms with Gasteiger partial charge in [0.2, 0.25) is 0 Å². The molecule has 0 amide bonds. The Bertz CT molecular complexity index is 416. The summed E-state index contributed by atoms with van der Waals surface area (Å²) < 4.78 is 10.5. The molecule has 0 bridgehead atoms. The quantitative estimate of drug-likeness (QED) is 0.740. The van der Waals surface area contributed by atoms with Crippen molar-refractivity contribution in [3.63, 3.8) is 0 Å². The zero-order valence-corrected chi connectivity index (χ0v) is 12.8. The van der Waals surface area contributed by atoms with E-state index in [4.69, 9.17) is 9.47 Å². The number of carbonyl (C=O) groups is 1. The van der Waals surface area contributed by atoms with Crippen LogP contribution in [0.4, 0.5) is 5.69 Å². The van der Waals surface area contributed by atoms with Crippen molar-refractivity contribution in [3.05, 3.63) is 24.3 Å². The van der Waals surface area contributed by atoms with Crippen molar-refractivity contribution < 1.29 is 14.3 Å². The standard InChI is InChI=1S/C16H25NO3/c1-5-12(6-2)15(16(18)20-7-3)17-13-10-8-9-11-14(13)19-4/h8-12,15,17H,5-7H2,1-4H3. The van der Waals surface area contributed by atoms with Gasteiger partial charge in [0.25, 0.3) is 0 Å². The summed E-state index contributed by atoms with van der Waals surface area (Å²) in [6.45, 7) is 6.39. The maximum Gasteiger partial charge on any atom is 0.328 e. The molecule has 112 valence electrons. The molecule has 4 heteroatoms. The Morgan fingerprint density at radius 3 is 2.40 bits per heavy atom. The molecule has 1 rings (SSSR count). The Morgan fingerprint density at radius 2 is 1.85 bits per heavy atom. The van der Waals surface area contributed by atoms with E-state index in [-0.39, 0.29) is 17.9 Å².